The Labute approximate surface area is 210 Å². The van der Waals surface area contributed by atoms with E-state index >= 15 is 4.39 Å². The van der Waals surface area contributed by atoms with E-state index in [2.05, 4.69) is 0 Å². The minimum Gasteiger partial charge on any atom is -0.480 e. The molecule has 0 saturated carbocycles. The molecule has 5 N–H and O–H groups in total. The lowest BCUT2D eigenvalue weighted by atomic mass is 9.83. The Morgan fingerprint density at radius 2 is 1.92 bits per heavy atom. The molecular formula is C26H28FNO7S. The van der Waals surface area contributed by atoms with Crippen LogP contribution in [-0.2, 0) is 21.7 Å². The Morgan fingerprint density at radius 3 is 2.64 bits per heavy atom. The largest absolute Gasteiger partial charge is 0.480 e. The van der Waals surface area contributed by atoms with E-state index in [-0.39, 0.29) is 24.9 Å². The number of carboxylic acids is 1. The van der Waals surface area contributed by atoms with Gasteiger partial charge in [0.1, 0.15) is 36.3 Å². The zero-order valence-electron chi connectivity index (χ0n) is 19.3. The zero-order valence-corrected chi connectivity index (χ0v) is 20.1. The minimum absolute atomic E-state index is 0.220. The number of hydrogen-bond acceptors (Lipinski definition) is 8. The summed E-state index contributed by atoms with van der Waals surface area (Å²) in [5, 5.41) is 53.2. The number of thiophene rings is 1. The SMILES string of the molecule is O=C(O)[C@@H]1CCCN1C1(c2ccc(F)c(Cc3cc4ccccc4s3)c2)O[C@H](CO)[C@@H](O)[C@H](O)[C@H]1O. The average Bonchev–Trinajstić information content (AvgIpc) is 3.52. The van der Waals surface area contributed by atoms with Crippen LogP contribution in [0.1, 0.15) is 28.8 Å². The van der Waals surface area contributed by atoms with Crippen molar-refractivity contribution in [3.63, 3.8) is 0 Å². The fourth-order valence-corrected chi connectivity index (χ4v) is 6.55. The van der Waals surface area contributed by atoms with E-state index in [9.17, 15) is 30.3 Å². The molecular weight excluding hydrogens is 489 g/mol. The molecule has 6 atom stereocenters. The number of nitrogens with zero attached hydrogens (tertiary/aromatic N) is 1. The van der Waals surface area contributed by atoms with E-state index in [0.29, 0.717) is 12.0 Å². The number of carbonyl (C=O) groups is 1. The van der Waals surface area contributed by atoms with Crippen molar-refractivity contribution in [1.29, 1.82) is 0 Å². The highest BCUT2D eigenvalue weighted by atomic mass is 32.1. The second-order valence-corrected chi connectivity index (χ2v) is 10.6. The Bertz CT molecular complexity index is 1230. The lowest BCUT2D eigenvalue weighted by Crippen LogP contribution is -2.70. The van der Waals surface area contributed by atoms with Gasteiger partial charge in [-0.15, -0.1) is 11.3 Å². The molecule has 2 saturated heterocycles. The Hall–Kier alpha value is -2.44. The minimum atomic E-state index is -1.92. The smallest absolute Gasteiger partial charge is 0.321 e. The van der Waals surface area contributed by atoms with Crippen molar-refractivity contribution in [2.24, 2.45) is 0 Å². The highest BCUT2D eigenvalue weighted by Gasteiger charge is 2.60. The highest BCUT2D eigenvalue weighted by Crippen LogP contribution is 2.45. The van der Waals surface area contributed by atoms with Gasteiger partial charge in [0.15, 0.2) is 5.72 Å². The van der Waals surface area contributed by atoms with Crippen molar-refractivity contribution < 1.29 is 39.5 Å². The molecule has 192 valence electrons. The number of likely N-dealkylation sites (tertiary alicyclic amines) is 1. The van der Waals surface area contributed by atoms with Crippen LogP contribution in [0.25, 0.3) is 10.1 Å². The molecule has 3 aromatic rings. The molecule has 0 amide bonds. The van der Waals surface area contributed by atoms with Crippen molar-refractivity contribution in [2.75, 3.05) is 13.2 Å². The maximum Gasteiger partial charge on any atom is 0.321 e. The first kappa shape index (κ1) is 25.2. The van der Waals surface area contributed by atoms with Gasteiger partial charge in [-0.05, 0) is 48.1 Å². The fourth-order valence-electron chi connectivity index (χ4n) is 5.46. The van der Waals surface area contributed by atoms with Gasteiger partial charge in [0.05, 0.1) is 6.61 Å². The topological polar surface area (TPSA) is 131 Å². The lowest BCUT2D eigenvalue weighted by molar-refractivity contribution is -0.330. The van der Waals surface area contributed by atoms with Gasteiger partial charge < -0.3 is 30.3 Å². The van der Waals surface area contributed by atoms with Crippen LogP contribution >= 0.6 is 11.3 Å². The number of benzene rings is 2. The van der Waals surface area contributed by atoms with Crippen molar-refractivity contribution >= 4 is 27.4 Å². The number of aliphatic carboxylic acids is 1. The molecule has 10 heteroatoms. The molecule has 3 heterocycles. The molecule has 0 radical (unpaired) electrons. The summed E-state index contributed by atoms with van der Waals surface area (Å²) < 4.78 is 22.2. The van der Waals surface area contributed by atoms with Crippen LogP contribution in [0.2, 0.25) is 0 Å². The number of carboxylic acid groups (broad SMARTS) is 1. The summed E-state index contributed by atoms with van der Waals surface area (Å²) in [6.45, 7) is -0.452. The molecule has 5 rings (SSSR count). The number of ether oxygens (including phenoxy) is 1. The quantitative estimate of drug-likeness (QED) is 0.335. The monoisotopic (exact) mass is 517 g/mol. The van der Waals surface area contributed by atoms with Gasteiger partial charge in [0.2, 0.25) is 0 Å². The van der Waals surface area contributed by atoms with Crippen molar-refractivity contribution in [3.05, 3.63) is 70.4 Å². The van der Waals surface area contributed by atoms with Gasteiger partial charge in [0, 0.05) is 28.1 Å². The van der Waals surface area contributed by atoms with Crippen LogP contribution in [0.3, 0.4) is 0 Å². The van der Waals surface area contributed by atoms with E-state index in [0.717, 1.165) is 15.0 Å². The molecule has 2 aliphatic heterocycles. The summed E-state index contributed by atoms with van der Waals surface area (Å²) in [4.78, 5) is 14.4. The summed E-state index contributed by atoms with van der Waals surface area (Å²) >= 11 is 1.53. The summed E-state index contributed by atoms with van der Waals surface area (Å²) in [6.07, 6.45) is -5.36. The predicted molar refractivity (Wildman–Crippen MR) is 130 cm³/mol. The number of rotatable bonds is 6. The maximum absolute atomic E-state index is 15.0. The van der Waals surface area contributed by atoms with Crippen LogP contribution in [0, 0.1) is 5.82 Å². The normalized spacial score (nSPS) is 31.2. The second kappa shape index (κ2) is 9.79. The Morgan fingerprint density at radius 1 is 1.14 bits per heavy atom. The maximum atomic E-state index is 15.0. The van der Waals surface area contributed by atoms with Gasteiger partial charge >= 0.3 is 5.97 Å². The predicted octanol–water partition coefficient (Wildman–Crippen LogP) is 1.81. The molecule has 1 aromatic heterocycles. The number of fused-ring (bicyclic) bond motifs is 1. The van der Waals surface area contributed by atoms with Crippen LogP contribution < -0.4 is 0 Å². The Kier molecular flexibility index (Phi) is 6.86. The molecule has 1 unspecified atom stereocenters. The lowest BCUT2D eigenvalue weighted by Gasteiger charge is -2.53. The summed E-state index contributed by atoms with van der Waals surface area (Å²) in [5.41, 5.74) is -1.37. The third kappa shape index (κ3) is 4.12. The molecule has 0 bridgehead atoms. The van der Waals surface area contributed by atoms with Crippen LogP contribution in [0.15, 0.2) is 48.5 Å². The third-order valence-corrected chi connectivity index (χ3v) is 8.35. The molecule has 2 fully saturated rings. The standard InChI is InChI=1S/C26H28FNO7S/c27-18-8-7-16(10-15(18)12-17-11-14-4-1-2-6-21(14)36-17)26(28-9-3-5-19(28)25(33)34)24(32)23(31)22(30)20(13-29)35-26/h1-2,4,6-8,10-11,19-20,22-24,29-32H,3,5,9,12-13H2,(H,33,34)/t19-,20+,22+,23-,24+,26?/m0/s1. The Balaban J connectivity index is 1.62. The highest BCUT2D eigenvalue weighted by molar-refractivity contribution is 7.19. The summed E-state index contributed by atoms with van der Waals surface area (Å²) in [5.74, 6) is -1.61. The molecule has 2 aliphatic rings. The number of halogens is 1. The third-order valence-electron chi connectivity index (χ3n) is 7.23. The molecule has 0 spiro atoms. The second-order valence-electron chi connectivity index (χ2n) is 9.38. The first-order chi connectivity index (χ1) is 17.3. The summed E-state index contributed by atoms with van der Waals surface area (Å²) in [6, 6.07) is 12.9. The van der Waals surface area contributed by atoms with Crippen LogP contribution in [0.4, 0.5) is 4.39 Å². The van der Waals surface area contributed by atoms with Crippen LogP contribution in [0.5, 0.6) is 0 Å². The van der Waals surface area contributed by atoms with E-state index in [1.807, 2.05) is 30.3 Å². The van der Waals surface area contributed by atoms with E-state index in [4.69, 9.17) is 4.74 Å². The van der Waals surface area contributed by atoms with Gasteiger partial charge in [-0.3, -0.25) is 9.69 Å². The van der Waals surface area contributed by atoms with E-state index in [1.165, 1.54) is 34.4 Å². The number of aliphatic hydroxyl groups is 4. The summed E-state index contributed by atoms with van der Waals surface area (Å²) in [7, 11) is 0. The van der Waals surface area contributed by atoms with Crippen LogP contribution in [-0.4, -0.2) is 80.0 Å². The zero-order chi connectivity index (χ0) is 25.6. The van der Waals surface area contributed by atoms with Gasteiger partial charge in [-0.2, -0.15) is 0 Å². The molecule has 2 aromatic carbocycles. The molecule has 8 nitrogen and oxygen atoms in total. The van der Waals surface area contributed by atoms with Gasteiger partial charge in [-0.1, -0.05) is 24.3 Å². The average molecular weight is 518 g/mol. The first-order valence-corrected chi connectivity index (χ1v) is 12.7. The fraction of sp³-hybridized carbons (Fsp3) is 0.423. The molecule has 0 aliphatic carbocycles. The van der Waals surface area contributed by atoms with E-state index < -0.39 is 54.6 Å². The molecule has 36 heavy (non-hydrogen) atoms. The van der Waals surface area contributed by atoms with Gasteiger partial charge in [0.25, 0.3) is 0 Å². The number of aliphatic hydroxyl groups excluding tert-OH is 4. The van der Waals surface area contributed by atoms with Crippen molar-refractivity contribution in [1.82, 2.24) is 4.90 Å². The van der Waals surface area contributed by atoms with Crippen molar-refractivity contribution in [3.8, 4) is 0 Å². The van der Waals surface area contributed by atoms with Crippen molar-refractivity contribution in [2.45, 2.75) is 55.4 Å². The van der Waals surface area contributed by atoms with E-state index in [1.54, 1.807) is 0 Å². The van der Waals surface area contributed by atoms with Gasteiger partial charge in [-0.25, -0.2) is 4.39 Å². The number of hydrogen-bond donors (Lipinski definition) is 5. The first-order valence-electron chi connectivity index (χ1n) is 11.8.